The van der Waals surface area contributed by atoms with E-state index in [4.69, 9.17) is 9.84 Å². The number of amides is 1. The van der Waals surface area contributed by atoms with Crippen LogP contribution in [0.1, 0.15) is 27.7 Å². The summed E-state index contributed by atoms with van der Waals surface area (Å²) < 4.78 is 5.01. The molecular weight excluding hydrogens is 232 g/mol. The van der Waals surface area contributed by atoms with Crippen molar-refractivity contribution in [3.63, 3.8) is 0 Å². The van der Waals surface area contributed by atoms with E-state index in [0.29, 0.717) is 26.2 Å². The number of hydrogen-bond acceptors (Lipinski definition) is 4. The first-order valence-electron chi connectivity index (χ1n) is 6.57. The third-order valence-corrected chi connectivity index (χ3v) is 2.79. The lowest BCUT2D eigenvalue weighted by atomic mass is 10.2. The first kappa shape index (κ1) is 17.4. The van der Waals surface area contributed by atoms with Crippen molar-refractivity contribution in [2.45, 2.75) is 39.8 Å². The predicted molar refractivity (Wildman–Crippen MR) is 72.5 cm³/mol. The Morgan fingerprint density at radius 3 is 2.11 bits per heavy atom. The van der Waals surface area contributed by atoms with Gasteiger partial charge >= 0.3 is 0 Å². The van der Waals surface area contributed by atoms with Gasteiger partial charge in [-0.1, -0.05) is 0 Å². The molecule has 0 fully saturated rings. The Morgan fingerprint density at radius 1 is 1.17 bits per heavy atom. The number of hydrogen-bond donors (Lipinski definition) is 1. The summed E-state index contributed by atoms with van der Waals surface area (Å²) in [6.45, 7) is 10.2. The zero-order valence-electron chi connectivity index (χ0n) is 12.3. The lowest BCUT2D eigenvalue weighted by Gasteiger charge is -2.33. The number of aliphatic hydroxyl groups is 1. The van der Waals surface area contributed by atoms with E-state index in [1.54, 1.807) is 7.11 Å². The highest BCUT2D eigenvalue weighted by atomic mass is 16.5. The summed E-state index contributed by atoms with van der Waals surface area (Å²) in [6.07, 6.45) is 0. The van der Waals surface area contributed by atoms with Crippen molar-refractivity contribution < 1.29 is 14.6 Å². The maximum absolute atomic E-state index is 12.2. The Hall–Kier alpha value is -0.650. The van der Waals surface area contributed by atoms with Crippen LogP contribution < -0.4 is 0 Å². The number of aliphatic hydroxyl groups excluding tert-OH is 1. The third-order valence-electron chi connectivity index (χ3n) is 2.79. The molecule has 0 spiro atoms. The predicted octanol–water partition coefficient (Wildman–Crippen LogP) is 0.573. The maximum atomic E-state index is 12.2. The van der Waals surface area contributed by atoms with E-state index in [2.05, 4.69) is 0 Å². The first-order chi connectivity index (χ1) is 8.43. The molecule has 5 nitrogen and oxygen atoms in total. The fourth-order valence-corrected chi connectivity index (χ4v) is 2.08. The molecule has 0 atom stereocenters. The van der Waals surface area contributed by atoms with E-state index in [9.17, 15) is 4.79 Å². The fourth-order valence-electron chi connectivity index (χ4n) is 2.08. The molecule has 5 heteroatoms. The SMILES string of the molecule is COCCN(CCO)CC(=O)N(C(C)C)C(C)C. The molecule has 0 heterocycles. The summed E-state index contributed by atoms with van der Waals surface area (Å²) in [4.78, 5) is 16.0. The van der Waals surface area contributed by atoms with Gasteiger partial charge in [0.1, 0.15) is 0 Å². The zero-order valence-corrected chi connectivity index (χ0v) is 12.3. The average molecular weight is 260 g/mol. The highest BCUT2D eigenvalue weighted by Crippen LogP contribution is 2.06. The first-order valence-corrected chi connectivity index (χ1v) is 6.57. The van der Waals surface area contributed by atoms with Crippen LogP contribution in [0.2, 0.25) is 0 Å². The van der Waals surface area contributed by atoms with E-state index in [1.807, 2.05) is 37.5 Å². The monoisotopic (exact) mass is 260 g/mol. The number of carbonyl (C=O) groups excluding carboxylic acids is 1. The molecule has 0 unspecified atom stereocenters. The number of carbonyl (C=O) groups is 1. The Bertz CT molecular complexity index is 224. The molecule has 18 heavy (non-hydrogen) atoms. The Labute approximate surface area is 111 Å². The summed E-state index contributed by atoms with van der Waals surface area (Å²) in [7, 11) is 1.63. The molecule has 0 rings (SSSR count). The third kappa shape index (κ3) is 6.33. The van der Waals surface area contributed by atoms with Gasteiger partial charge in [0.15, 0.2) is 0 Å². The molecule has 108 valence electrons. The minimum absolute atomic E-state index is 0.0559. The Kier molecular flexibility index (Phi) is 8.97. The van der Waals surface area contributed by atoms with Gasteiger partial charge in [0.2, 0.25) is 5.91 Å². The van der Waals surface area contributed by atoms with Crippen LogP contribution >= 0.6 is 0 Å². The second kappa shape index (κ2) is 9.30. The van der Waals surface area contributed by atoms with Gasteiger partial charge < -0.3 is 14.7 Å². The number of rotatable bonds is 9. The molecule has 0 saturated heterocycles. The molecule has 0 aromatic rings. The van der Waals surface area contributed by atoms with Crippen LogP contribution in [-0.4, -0.2) is 72.9 Å². The van der Waals surface area contributed by atoms with Crippen LogP contribution in [0.15, 0.2) is 0 Å². The standard InChI is InChI=1S/C13H28N2O3/c1-11(2)15(12(3)4)13(17)10-14(6-8-16)7-9-18-5/h11-12,16H,6-10H2,1-5H3. The van der Waals surface area contributed by atoms with Gasteiger partial charge in [-0.3, -0.25) is 9.69 Å². The van der Waals surface area contributed by atoms with E-state index in [0.717, 1.165) is 0 Å². The number of nitrogens with zero attached hydrogens (tertiary/aromatic N) is 2. The maximum Gasteiger partial charge on any atom is 0.237 e. The molecule has 0 bridgehead atoms. The van der Waals surface area contributed by atoms with Crippen molar-refractivity contribution in [3.05, 3.63) is 0 Å². The van der Waals surface area contributed by atoms with Crippen LogP contribution in [0.4, 0.5) is 0 Å². The van der Waals surface area contributed by atoms with Crippen molar-refractivity contribution in [2.24, 2.45) is 0 Å². The van der Waals surface area contributed by atoms with Crippen LogP contribution in [0.5, 0.6) is 0 Å². The zero-order chi connectivity index (χ0) is 14.1. The average Bonchev–Trinajstić information content (AvgIpc) is 2.24. The molecule has 1 N–H and O–H groups in total. The molecule has 0 aromatic heterocycles. The largest absolute Gasteiger partial charge is 0.395 e. The lowest BCUT2D eigenvalue weighted by Crippen LogP contribution is -2.48. The van der Waals surface area contributed by atoms with Gasteiger partial charge in [-0.05, 0) is 27.7 Å². The van der Waals surface area contributed by atoms with Crippen LogP contribution in [-0.2, 0) is 9.53 Å². The summed E-state index contributed by atoms with van der Waals surface area (Å²) in [6, 6.07) is 0.381. The minimum Gasteiger partial charge on any atom is -0.395 e. The van der Waals surface area contributed by atoms with Gasteiger partial charge in [-0.25, -0.2) is 0 Å². The summed E-state index contributed by atoms with van der Waals surface area (Å²) in [5.41, 5.74) is 0. The van der Waals surface area contributed by atoms with E-state index in [-0.39, 0.29) is 24.6 Å². The second-order valence-electron chi connectivity index (χ2n) is 4.98. The van der Waals surface area contributed by atoms with E-state index < -0.39 is 0 Å². The van der Waals surface area contributed by atoms with Crippen molar-refractivity contribution in [3.8, 4) is 0 Å². The Balaban J connectivity index is 4.45. The summed E-state index contributed by atoms with van der Waals surface area (Å²) in [5.74, 6) is 0.101. The van der Waals surface area contributed by atoms with Gasteiger partial charge in [0.25, 0.3) is 0 Å². The van der Waals surface area contributed by atoms with Crippen molar-refractivity contribution >= 4 is 5.91 Å². The molecule has 0 aliphatic carbocycles. The Morgan fingerprint density at radius 2 is 1.72 bits per heavy atom. The van der Waals surface area contributed by atoms with Crippen LogP contribution in [0, 0.1) is 0 Å². The summed E-state index contributed by atoms with van der Waals surface area (Å²) >= 11 is 0. The molecule has 0 saturated carbocycles. The molecule has 0 aromatic carbocycles. The molecule has 0 radical (unpaired) electrons. The molecule has 0 aliphatic rings. The highest BCUT2D eigenvalue weighted by Gasteiger charge is 2.21. The van der Waals surface area contributed by atoms with Gasteiger partial charge in [0, 0.05) is 32.3 Å². The number of ether oxygens (including phenoxy) is 1. The fraction of sp³-hybridized carbons (Fsp3) is 0.923. The topological polar surface area (TPSA) is 53.0 Å². The van der Waals surface area contributed by atoms with Crippen molar-refractivity contribution in [1.82, 2.24) is 9.80 Å². The van der Waals surface area contributed by atoms with E-state index >= 15 is 0 Å². The van der Waals surface area contributed by atoms with Gasteiger partial charge in [0.05, 0.1) is 19.8 Å². The van der Waals surface area contributed by atoms with Gasteiger partial charge in [-0.15, -0.1) is 0 Å². The molecular formula is C13H28N2O3. The van der Waals surface area contributed by atoms with Crippen LogP contribution in [0.3, 0.4) is 0 Å². The second-order valence-corrected chi connectivity index (χ2v) is 4.98. The minimum atomic E-state index is 0.0559. The normalized spacial score (nSPS) is 11.6. The number of methoxy groups -OCH3 is 1. The smallest absolute Gasteiger partial charge is 0.237 e. The molecule has 1 amide bonds. The van der Waals surface area contributed by atoms with E-state index in [1.165, 1.54) is 0 Å². The lowest BCUT2D eigenvalue weighted by molar-refractivity contribution is -0.136. The van der Waals surface area contributed by atoms with Crippen LogP contribution in [0.25, 0.3) is 0 Å². The quantitative estimate of drug-likeness (QED) is 0.658. The highest BCUT2D eigenvalue weighted by molar-refractivity contribution is 5.78. The van der Waals surface area contributed by atoms with Crippen molar-refractivity contribution in [2.75, 3.05) is 40.0 Å². The summed E-state index contributed by atoms with van der Waals surface area (Å²) in [5, 5.41) is 9.00. The van der Waals surface area contributed by atoms with Gasteiger partial charge in [-0.2, -0.15) is 0 Å². The van der Waals surface area contributed by atoms with Crippen molar-refractivity contribution in [1.29, 1.82) is 0 Å². The molecule has 0 aliphatic heterocycles.